The van der Waals surface area contributed by atoms with Crippen LogP contribution >= 0.6 is 0 Å². The molecule has 3 atom stereocenters. The van der Waals surface area contributed by atoms with Crippen LogP contribution in [0.2, 0.25) is 0 Å². The van der Waals surface area contributed by atoms with Gasteiger partial charge in [-0.15, -0.1) is 0 Å². The second-order valence-corrected chi connectivity index (χ2v) is 14.2. The second-order valence-electron chi connectivity index (χ2n) is 12.7. The fourth-order valence-electron chi connectivity index (χ4n) is 8.05. The van der Waals surface area contributed by atoms with E-state index in [-0.39, 0.29) is 19.4 Å². The molecule has 0 aromatic heterocycles. The fraction of sp³-hybridized carbons (Fsp3) is 0.857. The molecule has 4 fully saturated rings. The number of carbonyl (C=O) groups is 2. The smallest absolute Gasteiger partial charge is 0.458 e. The number of aliphatic hydroxyl groups is 1. The van der Waals surface area contributed by atoms with Crippen molar-refractivity contribution >= 4 is 22.1 Å². The molecule has 0 aromatic rings. The van der Waals surface area contributed by atoms with Crippen molar-refractivity contribution in [2.24, 2.45) is 23.7 Å². The Bertz CT molecular complexity index is 1090. The SMILES string of the molecule is CCC1(OC(=O)COC(C)CC2(OCCOC(=O)C(F)(F)S(=O)(=O)O)CC=CC(C)(O)C2)C2CC3CC(C2)CC1C3. The average molecular weight is 609 g/mol. The zero-order chi connectivity index (χ0) is 30.3. The lowest BCUT2D eigenvalue weighted by Crippen LogP contribution is -2.59. The lowest BCUT2D eigenvalue weighted by Gasteiger charge is -2.60. The lowest BCUT2D eigenvalue weighted by atomic mass is 9.49. The van der Waals surface area contributed by atoms with Gasteiger partial charge in [0.2, 0.25) is 0 Å². The van der Waals surface area contributed by atoms with E-state index >= 15 is 0 Å². The summed E-state index contributed by atoms with van der Waals surface area (Å²) in [5, 5.41) is 5.55. The van der Waals surface area contributed by atoms with Crippen LogP contribution in [0, 0.1) is 23.7 Å². The van der Waals surface area contributed by atoms with Crippen LogP contribution in [0.5, 0.6) is 0 Å². The van der Waals surface area contributed by atoms with Crippen molar-refractivity contribution in [2.45, 2.75) is 107 Å². The molecule has 5 rings (SSSR count). The summed E-state index contributed by atoms with van der Waals surface area (Å²) in [4.78, 5) is 24.5. The van der Waals surface area contributed by atoms with Crippen LogP contribution in [0.25, 0.3) is 0 Å². The molecule has 0 radical (unpaired) electrons. The molecular weight excluding hydrogens is 566 g/mol. The summed E-state index contributed by atoms with van der Waals surface area (Å²) in [6.45, 7) is 4.05. The normalized spacial score (nSPS) is 37.1. The topological polar surface area (TPSA) is 146 Å². The van der Waals surface area contributed by atoms with E-state index in [1.54, 1.807) is 26.0 Å². The quantitative estimate of drug-likeness (QED) is 0.137. The number of alkyl halides is 2. The van der Waals surface area contributed by atoms with Crippen LogP contribution in [0.1, 0.15) is 78.6 Å². The molecule has 41 heavy (non-hydrogen) atoms. The molecule has 2 N–H and O–H groups in total. The third-order valence-electron chi connectivity index (χ3n) is 9.45. The Hall–Kier alpha value is -1.67. The third kappa shape index (κ3) is 6.95. The second kappa shape index (κ2) is 11.8. The summed E-state index contributed by atoms with van der Waals surface area (Å²) >= 11 is 0. The van der Waals surface area contributed by atoms with E-state index in [0.717, 1.165) is 43.9 Å². The molecule has 0 aliphatic heterocycles. The Morgan fingerprint density at radius 1 is 1.10 bits per heavy atom. The Labute approximate surface area is 239 Å². The first kappa shape index (κ1) is 32.2. The monoisotopic (exact) mass is 608 g/mol. The van der Waals surface area contributed by atoms with Gasteiger partial charge >= 0.3 is 27.3 Å². The van der Waals surface area contributed by atoms with Crippen LogP contribution in [0.3, 0.4) is 0 Å². The Morgan fingerprint density at radius 3 is 2.24 bits per heavy atom. The molecule has 4 bridgehead atoms. The number of carbonyl (C=O) groups excluding carboxylic acids is 2. The molecule has 0 amide bonds. The number of hydrogen-bond donors (Lipinski definition) is 2. The van der Waals surface area contributed by atoms with Crippen molar-refractivity contribution in [3.8, 4) is 0 Å². The first-order chi connectivity index (χ1) is 19.0. The van der Waals surface area contributed by atoms with Crippen LogP contribution in [0.15, 0.2) is 12.2 Å². The van der Waals surface area contributed by atoms with Gasteiger partial charge in [0.15, 0.2) is 0 Å². The van der Waals surface area contributed by atoms with Gasteiger partial charge in [-0.25, -0.2) is 9.59 Å². The van der Waals surface area contributed by atoms with Gasteiger partial charge in [0, 0.05) is 12.8 Å². The van der Waals surface area contributed by atoms with Crippen molar-refractivity contribution in [3.05, 3.63) is 12.2 Å². The molecule has 0 saturated heterocycles. The van der Waals surface area contributed by atoms with E-state index in [4.69, 9.17) is 18.8 Å². The molecular formula is C28H42F2O10S. The first-order valence-corrected chi connectivity index (χ1v) is 15.8. The molecule has 13 heteroatoms. The summed E-state index contributed by atoms with van der Waals surface area (Å²) in [5.74, 6) is -0.564. The van der Waals surface area contributed by atoms with Crippen molar-refractivity contribution in [2.75, 3.05) is 19.8 Å². The molecule has 5 aliphatic carbocycles. The van der Waals surface area contributed by atoms with Gasteiger partial charge in [0.05, 0.1) is 23.9 Å². The van der Waals surface area contributed by atoms with Crippen LogP contribution in [-0.4, -0.2) is 78.0 Å². The maximum Gasteiger partial charge on any atom is 0.465 e. The summed E-state index contributed by atoms with van der Waals surface area (Å²) < 4.78 is 79.2. The summed E-state index contributed by atoms with van der Waals surface area (Å²) in [6.07, 6.45) is 9.96. The summed E-state index contributed by atoms with van der Waals surface area (Å²) in [5.41, 5.74) is -2.73. The van der Waals surface area contributed by atoms with Gasteiger partial charge < -0.3 is 24.1 Å². The zero-order valence-corrected chi connectivity index (χ0v) is 24.7. The average Bonchev–Trinajstić information content (AvgIpc) is 2.86. The predicted octanol–water partition coefficient (Wildman–Crippen LogP) is 3.81. The molecule has 10 nitrogen and oxygen atoms in total. The van der Waals surface area contributed by atoms with Crippen LogP contribution < -0.4 is 0 Å². The van der Waals surface area contributed by atoms with E-state index < -0.39 is 63.4 Å². The molecule has 4 saturated carbocycles. The highest BCUT2D eigenvalue weighted by Gasteiger charge is 2.58. The number of esters is 2. The van der Waals surface area contributed by atoms with Crippen molar-refractivity contribution in [1.82, 2.24) is 0 Å². The van der Waals surface area contributed by atoms with Gasteiger partial charge in [-0.05, 0) is 82.5 Å². The molecule has 0 heterocycles. The molecule has 5 aliphatic rings. The van der Waals surface area contributed by atoms with Crippen LogP contribution in [-0.2, 0) is 38.7 Å². The van der Waals surface area contributed by atoms with Gasteiger partial charge in [-0.1, -0.05) is 19.1 Å². The van der Waals surface area contributed by atoms with Crippen LogP contribution in [0.4, 0.5) is 8.78 Å². The molecule has 234 valence electrons. The Kier molecular flexibility index (Phi) is 9.27. The van der Waals surface area contributed by atoms with Gasteiger partial charge in [0.1, 0.15) is 18.8 Å². The highest BCUT2D eigenvalue weighted by molar-refractivity contribution is 7.87. The van der Waals surface area contributed by atoms with Crippen molar-refractivity contribution < 1.29 is 55.4 Å². The van der Waals surface area contributed by atoms with E-state index in [1.807, 2.05) is 0 Å². The Morgan fingerprint density at radius 2 is 1.71 bits per heavy atom. The van der Waals surface area contributed by atoms with Gasteiger partial charge in [-0.3, -0.25) is 4.55 Å². The molecule has 3 unspecified atom stereocenters. The summed E-state index contributed by atoms with van der Waals surface area (Å²) in [7, 11) is -5.98. The number of hydrogen-bond acceptors (Lipinski definition) is 9. The fourth-order valence-corrected chi connectivity index (χ4v) is 8.32. The summed E-state index contributed by atoms with van der Waals surface area (Å²) in [6, 6.07) is 0. The lowest BCUT2D eigenvalue weighted by molar-refractivity contribution is -0.215. The maximum atomic E-state index is 13.4. The highest BCUT2D eigenvalue weighted by atomic mass is 32.2. The number of rotatable bonds is 13. The number of halogens is 2. The van der Waals surface area contributed by atoms with Crippen molar-refractivity contribution in [1.29, 1.82) is 0 Å². The largest absolute Gasteiger partial charge is 0.465 e. The minimum Gasteiger partial charge on any atom is -0.458 e. The van der Waals surface area contributed by atoms with Gasteiger partial charge in [0.25, 0.3) is 0 Å². The first-order valence-electron chi connectivity index (χ1n) is 14.4. The third-order valence-corrected chi connectivity index (χ3v) is 10.3. The zero-order valence-electron chi connectivity index (χ0n) is 23.9. The molecule has 0 aromatic carbocycles. The maximum absolute atomic E-state index is 13.4. The van der Waals surface area contributed by atoms with E-state index in [2.05, 4.69) is 11.7 Å². The van der Waals surface area contributed by atoms with Gasteiger partial charge in [-0.2, -0.15) is 17.2 Å². The minimum atomic E-state index is -5.98. The standard InChI is InChI=1S/C28H42F2O10S/c1-4-27(21-11-19-10-20(13-21)14-22(27)12-19)40-23(31)16-38-18(2)15-26(7-5-6-25(3,33)17-26)39-9-8-37-24(32)28(29,30)41(34,35)36/h5-6,18-22,33H,4,7-17H2,1-3H3,(H,34,35,36). The predicted molar refractivity (Wildman–Crippen MR) is 141 cm³/mol. The highest BCUT2D eigenvalue weighted by Crippen LogP contribution is 2.60. The van der Waals surface area contributed by atoms with E-state index in [0.29, 0.717) is 18.3 Å². The van der Waals surface area contributed by atoms with E-state index in [1.165, 1.54) is 6.42 Å². The Balaban J connectivity index is 1.31. The van der Waals surface area contributed by atoms with E-state index in [9.17, 15) is 31.9 Å². The van der Waals surface area contributed by atoms with Crippen molar-refractivity contribution in [3.63, 3.8) is 0 Å². The number of ether oxygens (including phenoxy) is 4. The minimum absolute atomic E-state index is 0.106. The molecule has 0 spiro atoms.